The van der Waals surface area contributed by atoms with Gasteiger partial charge in [0.25, 0.3) is 0 Å². The number of methoxy groups -OCH3 is 1. The number of nitrogens with one attached hydrogen (secondary N) is 1. The molecule has 0 aromatic heterocycles. The minimum absolute atomic E-state index is 0.182. The summed E-state index contributed by atoms with van der Waals surface area (Å²) in [6.45, 7) is 3.55. The van der Waals surface area contributed by atoms with Gasteiger partial charge in [-0.05, 0) is 43.2 Å². The Kier molecular flexibility index (Phi) is 6.85. The molecule has 1 N–H and O–H groups in total. The first-order chi connectivity index (χ1) is 12.8. The number of hydrogen-bond acceptors (Lipinski definition) is 4. The summed E-state index contributed by atoms with van der Waals surface area (Å²) in [5.74, 6) is 0.256. The monoisotopic (exact) mass is 390 g/mol. The van der Waals surface area contributed by atoms with E-state index in [1.54, 1.807) is 31.2 Å². The zero-order valence-electron chi connectivity index (χ0n) is 16.0. The third-order valence-electron chi connectivity index (χ3n) is 4.34. The number of benzene rings is 2. The topological polar surface area (TPSA) is 75.7 Å². The highest BCUT2D eigenvalue weighted by atomic mass is 32.2. The molecule has 0 unspecified atom stereocenters. The molecule has 0 aliphatic rings. The number of sulfonamides is 1. The SMILES string of the molecule is CC[C@@H](NC(=O)[C@@H](C)N(c1ccc(OC)cc1)S(C)(=O)=O)c1ccccc1. The van der Waals surface area contributed by atoms with Crippen molar-refractivity contribution in [2.75, 3.05) is 17.7 Å². The molecule has 1 amide bonds. The lowest BCUT2D eigenvalue weighted by atomic mass is 10.0. The molecule has 2 atom stereocenters. The molecule has 0 radical (unpaired) electrons. The van der Waals surface area contributed by atoms with Crippen molar-refractivity contribution in [2.24, 2.45) is 0 Å². The predicted octanol–water partition coefficient (Wildman–Crippen LogP) is 3.12. The maximum absolute atomic E-state index is 12.8. The fraction of sp³-hybridized carbons (Fsp3) is 0.350. The molecular weight excluding hydrogens is 364 g/mol. The molecule has 0 saturated heterocycles. The summed E-state index contributed by atoms with van der Waals surface area (Å²) in [5.41, 5.74) is 1.39. The second-order valence-electron chi connectivity index (χ2n) is 6.31. The van der Waals surface area contributed by atoms with Crippen LogP contribution in [-0.4, -0.2) is 33.7 Å². The molecule has 2 aromatic carbocycles. The van der Waals surface area contributed by atoms with Crippen LogP contribution < -0.4 is 14.4 Å². The molecule has 27 heavy (non-hydrogen) atoms. The second kappa shape index (κ2) is 8.90. The van der Waals surface area contributed by atoms with Crippen molar-refractivity contribution in [3.63, 3.8) is 0 Å². The van der Waals surface area contributed by atoms with Crippen molar-refractivity contribution in [3.8, 4) is 5.75 Å². The van der Waals surface area contributed by atoms with Crippen LogP contribution in [0.25, 0.3) is 0 Å². The van der Waals surface area contributed by atoms with Gasteiger partial charge in [0.15, 0.2) is 0 Å². The van der Waals surface area contributed by atoms with Gasteiger partial charge in [0.2, 0.25) is 15.9 Å². The van der Waals surface area contributed by atoms with E-state index in [1.807, 2.05) is 37.3 Å². The van der Waals surface area contributed by atoms with Crippen LogP contribution in [0.2, 0.25) is 0 Å². The number of ether oxygens (including phenoxy) is 1. The smallest absolute Gasteiger partial charge is 0.244 e. The average molecular weight is 391 g/mol. The summed E-state index contributed by atoms with van der Waals surface area (Å²) in [6.07, 6.45) is 1.79. The van der Waals surface area contributed by atoms with E-state index in [0.717, 1.165) is 16.1 Å². The molecular formula is C20H26N2O4S. The second-order valence-corrected chi connectivity index (χ2v) is 8.17. The molecule has 0 aliphatic carbocycles. The van der Waals surface area contributed by atoms with Crippen molar-refractivity contribution < 1.29 is 17.9 Å². The Balaban J connectivity index is 2.26. The first-order valence-electron chi connectivity index (χ1n) is 8.76. The van der Waals surface area contributed by atoms with Gasteiger partial charge >= 0.3 is 0 Å². The van der Waals surface area contributed by atoms with Crippen molar-refractivity contribution in [1.29, 1.82) is 0 Å². The Morgan fingerprint density at radius 2 is 1.70 bits per heavy atom. The molecule has 0 bridgehead atoms. The number of carbonyl (C=O) groups is 1. The number of nitrogens with zero attached hydrogens (tertiary/aromatic N) is 1. The zero-order chi connectivity index (χ0) is 20.0. The van der Waals surface area contributed by atoms with E-state index in [4.69, 9.17) is 4.74 Å². The van der Waals surface area contributed by atoms with Crippen LogP contribution in [0.3, 0.4) is 0 Å². The fourth-order valence-corrected chi connectivity index (χ4v) is 4.11. The van der Waals surface area contributed by atoms with E-state index in [1.165, 1.54) is 7.11 Å². The summed E-state index contributed by atoms with van der Waals surface area (Å²) < 4.78 is 31.0. The van der Waals surface area contributed by atoms with Crippen LogP contribution in [0.1, 0.15) is 31.9 Å². The summed E-state index contributed by atoms with van der Waals surface area (Å²) in [4.78, 5) is 12.8. The van der Waals surface area contributed by atoms with Crippen LogP contribution in [0, 0.1) is 0 Å². The van der Waals surface area contributed by atoms with Gasteiger partial charge in [0, 0.05) is 0 Å². The van der Waals surface area contributed by atoms with Gasteiger partial charge in [0.1, 0.15) is 11.8 Å². The Labute approximate surface area is 161 Å². The molecule has 2 rings (SSSR count). The van der Waals surface area contributed by atoms with Gasteiger partial charge in [-0.25, -0.2) is 8.42 Å². The number of hydrogen-bond donors (Lipinski definition) is 1. The number of anilines is 1. The highest BCUT2D eigenvalue weighted by Gasteiger charge is 2.30. The minimum atomic E-state index is -3.66. The van der Waals surface area contributed by atoms with E-state index in [2.05, 4.69) is 5.32 Å². The van der Waals surface area contributed by atoms with Crippen LogP contribution in [0.15, 0.2) is 54.6 Å². The highest BCUT2D eigenvalue weighted by Crippen LogP contribution is 2.24. The van der Waals surface area contributed by atoms with Gasteiger partial charge < -0.3 is 10.1 Å². The minimum Gasteiger partial charge on any atom is -0.497 e. The summed E-state index contributed by atoms with van der Waals surface area (Å²) in [6, 6.07) is 15.1. The average Bonchev–Trinajstić information content (AvgIpc) is 2.66. The zero-order valence-corrected chi connectivity index (χ0v) is 16.9. The standard InChI is InChI=1S/C20H26N2O4S/c1-5-19(16-9-7-6-8-10-16)21-20(23)15(2)22(27(4,24)25)17-11-13-18(26-3)14-12-17/h6-15,19H,5H2,1-4H3,(H,21,23)/t15-,19-/m1/s1. The molecule has 0 saturated carbocycles. The fourth-order valence-electron chi connectivity index (χ4n) is 2.94. The number of rotatable bonds is 8. The third-order valence-corrected chi connectivity index (χ3v) is 5.58. The molecule has 146 valence electrons. The Morgan fingerprint density at radius 3 is 2.19 bits per heavy atom. The first kappa shape index (κ1) is 20.8. The molecule has 0 heterocycles. The van der Waals surface area contributed by atoms with Crippen molar-refractivity contribution >= 4 is 21.6 Å². The van der Waals surface area contributed by atoms with Crippen molar-refractivity contribution in [1.82, 2.24) is 5.32 Å². The van der Waals surface area contributed by atoms with Crippen molar-refractivity contribution in [3.05, 3.63) is 60.2 Å². The Hall–Kier alpha value is -2.54. The predicted molar refractivity (Wildman–Crippen MR) is 107 cm³/mol. The molecule has 7 heteroatoms. The lowest BCUT2D eigenvalue weighted by Gasteiger charge is -2.30. The maximum Gasteiger partial charge on any atom is 0.244 e. The molecule has 6 nitrogen and oxygen atoms in total. The van der Waals surface area contributed by atoms with E-state index >= 15 is 0 Å². The van der Waals surface area contributed by atoms with Gasteiger partial charge in [-0.2, -0.15) is 0 Å². The summed E-state index contributed by atoms with van der Waals surface area (Å²) in [7, 11) is -2.12. The Bertz CT molecular complexity index is 851. The van der Waals surface area contributed by atoms with Crippen LogP contribution in [0.5, 0.6) is 5.75 Å². The number of carbonyl (C=O) groups excluding carboxylic acids is 1. The summed E-state index contributed by atoms with van der Waals surface area (Å²) in [5, 5.41) is 2.96. The van der Waals surface area contributed by atoms with Gasteiger partial charge in [-0.3, -0.25) is 9.10 Å². The molecule has 0 aliphatic heterocycles. The number of amides is 1. The molecule has 0 fully saturated rings. The van der Waals surface area contributed by atoms with E-state index < -0.39 is 16.1 Å². The largest absolute Gasteiger partial charge is 0.497 e. The van der Waals surface area contributed by atoms with Gasteiger partial charge in [0.05, 0.1) is 25.1 Å². The van der Waals surface area contributed by atoms with Crippen LogP contribution in [-0.2, 0) is 14.8 Å². The van der Waals surface area contributed by atoms with E-state index in [9.17, 15) is 13.2 Å². The quantitative estimate of drug-likeness (QED) is 0.751. The van der Waals surface area contributed by atoms with Crippen LogP contribution in [0.4, 0.5) is 5.69 Å². The van der Waals surface area contributed by atoms with Crippen LogP contribution >= 0.6 is 0 Å². The lowest BCUT2D eigenvalue weighted by Crippen LogP contribution is -2.48. The summed E-state index contributed by atoms with van der Waals surface area (Å²) >= 11 is 0. The van der Waals surface area contributed by atoms with Gasteiger partial charge in [-0.1, -0.05) is 37.3 Å². The Morgan fingerprint density at radius 1 is 1.11 bits per heavy atom. The van der Waals surface area contributed by atoms with Gasteiger partial charge in [-0.15, -0.1) is 0 Å². The highest BCUT2D eigenvalue weighted by molar-refractivity contribution is 7.92. The lowest BCUT2D eigenvalue weighted by molar-refractivity contribution is -0.122. The normalized spacial score (nSPS) is 13.5. The van der Waals surface area contributed by atoms with Crippen molar-refractivity contribution in [2.45, 2.75) is 32.4 Å². The first-order valence-corrected chi connectivity index (χ1v) is 10.6. The third kappa shape index (κ3) is 5.23. The van der Waals surface area contributed by atoms with E-state index in [0.29, 0.717) is 17.9 Å². The molecule has 0 spiro atoms. The maximum atomic E-state index is 12.8. The van der Waals surface area contributed by atoms with E-state index in [-0.39, 0.29) is 11.9 Å². The molecule has 2 aromatic rings.